The first-order chi connectivity index (χ1) is 8.77. The highest BCUT2D eigenvalue weighted by molar-refractivity contribution is 5.30. The topological polar surface area (TPSA) is 34.4 Å². The minimum absolute atomic E-state index is 0.285. The molecule has 0 radical (unpaired) electrons. The van der Waals surface area contributed by atoms with Gasteiger partial charge in [0.25, 0.3) is 0 Å². The molecule has 18 heavy (non-hydrogen) atoms. The first-order valence-corrected chi connectivity index (χ1v) is 5.87. The lowest BCUT2D eigenvalue weighted by molar-refractivity contribution is 0.297. The number of aryl methyl sites for hydroxylation is 1. The van der Waals surface area contributed by atoms with Crippen molar-refractivity contribution in [2.75, 3.05) is 13.2 Å². The lowest BCUT2D eigenvalue weighted by Crippen LogP contribution is -2.20. The number of ether oxygens (including phenoxy) is 1. The van der Waals surface area contributed by atoms with Crippen molar-refractivity contribution >= 4 is 0 Å². The fourth-order valence-electron chi connectivity index (χ4n) is 1.59. The molecule has 0 aliphatic rings. The summed E-state index contributed by atoms with van der Waals surface area (Å²) in [6, 6.07) is 7.04. The molecule has 0 aliphatic carbocycles. The van der Waals surface area contributed by atoms with Crippen LogP contribution in [0.25, 0.3) is 0 Å². The van der Waals surface area contributed by atoms with Crippen LogP contribution in [-0.2, 0) is 6.54 Å². The molecule has 3 nitrogen and oxygen atoms in total. The summed E-state index contributed by atoms with van der Waals surface area (Å²) in [4.78, 5) is 0. The van der Waals surface area contributed by atoms with Gasteiger partial charge in [0, 0.05) is 18.7 Å². The molecule has 1 heterocycles. The summed E-state index contributed by atoms with van der Waals surface area (Å²) < 4.78 is 23.9. The van der Waals surface area contributed by atoms with Crippen molar-refractivity contribution in [3.63, 3.8) is 0 Å². The molecule has 0 spiro atoms. The third-order valence-corrected chi connectivity index (χ3v) is 2.60. The number of nitrogens with one attached hydrogen (secondary N) is 1. The van der Waals surface area contributed by atoms with E-state index in [1.165, 1.54) is 0 Å². The van der Waals surface area contributed by atoms with Gasteiger partial charge in [0.2, 0.25) is 0 Å². The van der Waals surface area contributed by atoms with Crippen molar-refractivity contribution in [1.29, 1.82) is 0 Å². The minimum Gasteiger partial charge on any atom is -0.489 e. The van der Waals surface area contributed by atoms with E-state index in [0.717, 1.165) is 12.1 Å². The van der Waals surface area contributed by atoms with Crippen molar-refractivity contribution < 1.29 is 13.5 Å². The van der Waals surface area contributed by atoms with E-state index in [2.05, 4.69) is 5.32 Å². The maximum absolute atomic E-state index is 13.6. The standard InChI is InChI=1S/C14H16FNO2/c1-11-3-2-4-13(14(11)15)18-8-6-16-9-12-5-7-17-10-12/h2-5,7,10,16H,6,8-9H2,1H3. The second-order valence-electron chi connectivity index (χ2n) is 4.04. The monoisotopic (exact) mass is 249 g/mol. The van der Waals surface area contributed by atoms with Gasteiger partial charge in [-0.25, -0.2) is 4.39 Å². The van der Waals surface area contributed by atoms with Crippen LogP contribution in [0.4, 0.5) is 4.39 Å². The van der Waals surface area contributed by atoms with Gasteiger partial charge in [-0.3, -0.25) is 0 Å². The van der Waals surface area contributed by atoms with Gasteiger partial charge in [-0.15, -0.1) is 0 Å². The second-order valence-corrected chi connectivity index (χ2v) is 4.04. The Bertz CT molecular complexity index is 483. The van der Waals surface area contributed by atoms with Crippen molar-refractivity contribution in [3.05, 3.63) is 53.7 Å². The van der Waals surface area contributed by atoms with Crippen LogP contribution in [0.15, 0.2) is 41.2 Å². The molecule has 2 aromatic rings. The van der Waals surface area contributed by atoms with Crippen LogP contribution in [0.2, 0.25) is 0 Å². The first-order valence-electron chi connectivity index (χ1n) is 5.87. The minimum atomic E-state index is -0.285. The normalized spacial score (nSPS) is 10.6. The molecule has 0 bridgehead atoms. The average molecular weight is 249 g/mol. The van der Waals surface area contributed by atoms with E-state index < -0.39 is 0 Å². The van der Waals surface area contributed by atoms with E-state index in [9.17, 15) is 4.39 Å². The number of hydrogen-bond donors (Lipinski definition) is 1. The van der Waals surface area contributed by atoms with Gasteiger partial charge in [-0.2, -0.15) is 0 Å². The molecule has 0 amide bonds. The van der Waals surface area contributed by atoms with Crippen LogP contribution < -0.4 is 10.1 Å². The maximum atomic E-state index is 13.6. The van der Waals surface area contributed by atoms with Crippen LogP contribution in [0.3, 0.4) is 0 Å². The Labute approximate surface area is 106 Å². The predicted molar refractivity (Wildman–Crippen MR) is 67.0 cm³/mol. The lowest BCUT2D eigenvalue weighted by atomic mass is 10.2. The van der Waals surface area contributed by atoms with E-state index in [-0.39, 0.29) is 5.82 Å². The molecule has 96 valence electrons. The van der Waals surface area contributed by atoms with Crippen LogP contribution in [-0.4, -0.2) is 13.2 Å². The van der Waals surface area contributed by atoms with Gasteiger partial charge in [-0.05, 0) is 24.6 Å². The van der Waals surface area contributed by atoms with Gasteiger partial charge < -0.3 is 14.5 Å². The number of furan rings is 1. The molecule has 1 aromatic heterocycles. The molecular formula is C14H16FNO2. The van der Waals surface area contributed by atoms with Gasteiger partial charge in [0.15, 0.2) is 11.6 Å². The molecule has 1 N–H and O–H groups in total. The molecule has 0 unspecified atom stereocenters. The predicted octanol–water partition coefficient (Wildman–Crippen LogP) is 2.90. The molecule has 0 aliphatic heterocycles. The first kappa shape index (κ1) is 12.6. The zero-order valence-electron chi connectivity index (χ0n) is 10.3. The van der Waals surface area contributed by atoms with Gasteiger partial charge in [-0.1, -0.05) is 12.1 Å². The Hall–Kier alpha value is -1.81. The van der Waals surface area contributed by atoms with Crippen LogP contribution >= 0.6 is 0 Å². The van der Waals surface area contributed by atoms with Gasteiger partial charge in [0.1, 0.15) is 6.61 Å². The van der Waals surface area contributed by atoms with E-state index in [1.807, 2.05) is 6.07 Å². The molecule has 0 saturated carbocycles. The molecule has 2 rings (SSSR count). The smallest absolute Gasteiger partial charge is 0.167 e. The number of benzene rings is 1. The maximum Gasteiger partial charge on any atom is 0.167 e. The lowest BCUT2D eigenvalue weighted by Gasteiger charge is -2.08. The van der Waals surface area contributed by atoms with Crippen LogP contribution in [0, 0.1) is 12.7 Å². The summed E-state index contributed by atoms with van der Waals surface area (Å²) in [6.45, 7) is 3.52. The zero-order valence-corrected chi connectivity index (χ0v) is 10.3. The van der Waals surface area contributed by atoms with E-state index in [1.54, 1.807) is 37.6 Å². The van der Waals surface area contributed by atoms with Crippen molar-refractivity contribution in [2.45, 2.75) is 13.5 Å². The summed E-state index contributed by atoms with van der Waals surface area (Å²) in [5.41, 5.74) is 1.68. The molecule has 4 heteroatoms. The molecular weight excluding hydrogens is 233 g/mol. The summed E-state index contributed by atoms with van der Waals surface area (Å²) in [5, 5.41) is 3.18. The largest absolute Gasteiger partial charge is 0.489 e. The third kappa shape index (κ3) is 3.34. The van der Waals surface area contributed by atoms with Crippen molar-refractivity contribution in [3.8, 4) is 5.75 Å². The number of halogens is 1. The second kappa shape index (κ2) is 6.21. The molecule has 1 aromatic carbocycles. The summed E-state index contributed by atoms with van der Waals surface area (Å²) >= 11 is 0. The number of rotatable bonds is 6. The van der Waals surface area contributed by atoms with Crippen LogP contribution in [0.1, 0.15) is 11.1 Å². The van der Waals surface area contributed by atoms with E-state index in [4.69, 9.17) is 9.15 Å². The zero-order chi connectivity index (χ0) is 12.8. The fourth-order valence-corrected chi connectivity index (χ4v) is 1.59. The van der Waals surface area contributed by atoms with Gasteiger partial charge >= 0.3 is 0 Å². The quantitative estimate of drug-likeness (QED) is 0.799. The summed E-state index contributed by atoms with van der Waals surface area (Å²) in [7, 11) is 0. The Morgan fingerprint density at radius 3 is 3.00 bits per heavy atom. The van der Waals surface area contributed by atoms with Crippen molar-refractivity contribution in [2.24, 2.45) is 0 Å². The average Bonchev–Trinajstić information content (AvgIpc) is 2.87. The Morgan fingerprint density at radius 2 is 2.22 bits per heavy atom. The molecule has 0 atom stereocenters. The third-order valence-electron chi connectivity index (χ3n) is 2.60. The highest BCUT2D eigenvalue weighted by Gasteiger charge is 2.04. The highest BCUT2D eigenvalue weighted by atomic mass is 19.1. The fraction of sp³-hybridized carbons (Fsp3) is 0.286. The van der Waals surface area contributed by atoms with Gasteiger partial charge in [0.05, 0.1) is 12.5 Å². The van der Waals surface area contributed by atoms with E-state index >= 15 is 0 Å². The Morgan fingerprint density at radius 1 is 1.33 bits per heavy atom. The Kier molecular flexibility index (Phi) is 4.36. The number of hydrogen-bond acceptors (Lipinski definition) is 3. The summed E-state index contributed by atoms with van der Waals surface area (Å²) in [5.74, 6) is 0.0208. The molecule has 0 saturated heterocycles. The summed E-state index contributed by atoms with van der Waals surface area (Å²) in [6.07, 6.45) is 3.32. The highest BCUT2D eigenvalue weighted by Crippen LogP contribution is 2.19. The Balaban J connectivity index is 1.70. The molecule has 0 fully saturated rings. The SMILES string of the molecule is Cc1cccc(OCCNCc2ccoc2)c1F. The van der Waals surface area contributed by atoms with Crippen molar-refractivity contribution in [1.82, 2.24) is 5.32 Å². The van der Waals surface area contributed by atoms with E-state index in [0.29, 0.717) is 24.5 Å². The van der Waals surface area contributed by atoms with Crippen LogP contribution in [0.5, 0.6) is 5.75 Å².